The first-order chi connectivity index (χ1) is 12.4. The lowest BCUT2D eigenvalue weighted by molar-refractivity contribution is -0.890. The number of nitrogens with zero attached hydrogens (tertiary/aromatic N) is 1. The molecule has 5 heteroatoms. The summed E-state index contributed by atoms with van der Waals surface area (Å²) in [5, 5.41) is 2.99. The summed E-state index contributed by atoms with van der Waals surface area (Å²) in [5.41, 5.74) is 3.48. The van der Waals surface area contributed by atoms with E-state index in [0.717, 1.165) is 11.3 Å². The zero-order valence-corrected chi connectivity index (χ0v) is 16.4. The zero-order chi connectivity index (χ0) is 19.1. The summed E-state index contributed by atoms with van der Waals surface area (Å²) in [6.07, 6.45) is 0. The largest absolute Gasteiger partial charge is 0.484 e. The van der Waals surface area contributed by atoms with Gasteiger partial charge in [0.15, 0.2) is 6.61 Å². The maximum atomic E-state index is 12.2. The molecule has 0 aliphatic rings. The molecular weight excluding hydrogens is 326 g/mol. The van der Waals surface area contributed by atoms with Crippen LogP contribution in [0.1, 0.15) is 17.2 Å². The van der Waals surface area contributed by atoms with Gasteiger partial charge in [-0.2, -0.15) is 0 Å². The van der Waals surface area contributed by atoms with Gasteiger partial charge in [-0.15, -0.1) is 0 Å². The summed E-state index contributed by atoms with van der Waals surface area (Å²) in [7, 11) is 8.25. The van der Waals surface area contributed by atoms with Gasteiger partial charge in [0, 0.05) is 25.3 Å². The first kappa shape index (κ1) is 19.8. The first-order valence-corrected chi connectivity index (χ1v) is 8.90. The van der Waals surface area contributed by atoms with Crippen LogP contribution in [0.5, 0.6) is 5.75 Å². The number of carbonyl (C=O) groups is 1. The number of ether oxygens (including phenoxy) is 1. The van der Waals surface area contributed by atoms with Gasteiger partial charge in [-0.1, -0.05) is 24.3 Å². The summed E-state index contributed by atoms with van der Waals surface area (Å²) in [6.45, 7) is 2.59. The second kappa shape index (κ2) is 9.25. The number of likely N-dealkylation sites (N-methyl/N-ethyl adjacent to an activating group) is 1. The Bertz CT molecular complexity index is 711. The molecule has 0 fully saturated rings. The molecule has 5 nitrogen and oxygen atoms in total. The Kier molecular flexibility index (Phi) is 7.04. The molecule has 2 aromatic carbocycles. The van der Waals surface area contributed by atoms with Crippen LogP contribution >= 0.6 is 0 Å². The van der Waals surface area contributed by atoms with E-state index in [-0.39, 0.29) is 18.6 Å². The van der Waals surface area contributed by atoms with Gasteiger partial charge in [0.1, 0.15) is 11.8 Å². The number of anilines is 1. The second-order valence-corrected chi connectivity index (χ2v) is 7.03. The van der Waals surface area contributed by atoms with E-state index in [4.69, 9.17) is 4.74 Å². The van der Waals surface area contributed by atoms with E-state index < -0.39 is 0 Å². The van der Waals surface area contributed by atoms with Gasteiger partial charge in [-0.25, -0.2) is 0 Å². The molecule has 0 aromatic heterocycles. The van der Waals surface area contributed by atoms with Crippen LogP contribution in [0.15, 0.2) is 48.5 Å². The standard InChI is InChI=1S/C21H29N3O2/c1-16-7-6-8-19(13-16)26-15-21(25)22-14-20(24(4)5)17-9-11-18(12-10-17)23(2)3/h6-13,20H,14-15H2,1-5H3,(H,22,25)/p+1/t20-/m1/s1. The van der Waals surface area contributed by atoms with Crippen molar-refractivity contribution in [2.45, 2.75) is 13.0 Å². The van der Waals surface area contributed by atoms with Crippen LogP contribution in [0.25, 0.3) is 0 Å². The molecule has 0 unspecified atom stereocenters. The lowest BCUT2D eigenvalue weighted by Crippen LogP contribution is -3.07. The highest BCUT2D eigenvalue weighted by Crippen LogP contribution is 2.16. The maximum Gasteiger partial charge on any atom is 0.258 e. The monoisotopic (exact) mass is 356 g/mol. The van der Waals surface area contributed by atoms with Crippen molar-refractivity contribution in [1.29, 1.82) is 0 Å². The van der Waals surface area contributed by atoms with Crippen LogP contribution in [0.3, 0.4) is 0 Å². The van der Waals surface area contributed by atoms with Crippen LogP contribution in [0.4, 0.5) is 5.69 Å². The van der Waals surface area contributed by atoms with Crippen molar-refractivity contribution in [3.8, 4) is 5.75 Å². The fraction of sp³-hybridized carbons (Fsp3) is 0.381. The first-order valence-electron chi connectivity index (χ1n) is 8.90. The van der Waals surface area contributed by atoms with Gasteiger partial charge in [0.05, 0.1) is 20.6 Å². The molecule has 1 atom stereocenters. The number of nitrogens with one attached hydrogen (secondary N) is 2. The number of aryl methyl sites for hydroxylation is 1. The Morgan fingerprint density at radius 2 is 1.85 bits per heavy atom. The third-order valence-corrected chi connectivity index (χ3v) is 4.37. The van der Waals surface area contributed by atoms with Crippen molar-refractivity contribution < 1.29 is 14.4 Å². The minimum Gasteiger partial charge on any atom is -0.484 e. The van der Waals surface area contributed by atoms with E-state index in [1.807, 2.05) is 45.3 Å². The Labute approximate surface area is 156 Å². The quantitative estimate of drug-likeness (QED) is 0.752. The molecule has 0 spiro atoms. The summed E-state index contributed by atoms with van der Waals surface area (Å²) in [6, 6.07) is 16.4. The summed E-state index contributed by atoms with van der Waals surface area (Å²) in [4.78, 5) is 15.5. The molecular formula is C21H30N3O2+. The molecule has 0 bridgehead atoms. The van der Waals surface area contributed by atoms with Gasteiger partial charge in [0.25, 0.3) is 5.91 Å². The van der Waals surface area contributed by atoms with Crippen molar-refractivity contribution in [3.63, 3.8) is 0 Å². The Hall–Kier alpha value is -2.53. The number of amides is 1. The van der Waals surface area contributed by atoms with E-state index in [1.165, 1.54) is 10.5 Å². The van der Waals surface area contributed by atoms with E-state index in [0.29, 0.717) is 12.3 Å². The summed E-state index contributed by atoms with van der Waals surface area (Å²) >= 11 is 0. The van der Waals surface area contributed by atoms with Gasteiger partial charge in [0.2, 0.25) is 0 Å². The van der Waals surface area contributed by atoms with Gasteiger partial charge in [-0.3, -0.25) is 4.79 Å². The number of hydrogen-bond donors (Lipinski definition) is 2. The lowest BCUT2D eigenvalue weighted by atomic mass is 10.1. The highest BCUT2D eigenvalue weighted by atomic mass is 16.5. The third kappa shape index (κ3) is 5.77. The molecule has 140 valence electrons. The number of hydrogen-bond acceptors (Lipinski definition) is 3. The van der Waals surface area contributed by atoms with Crippen molar-refractivity contribution in [2.24, 2.45) is 0 Å². The van der Waals surface area contributed by atoms with Crippen molar-refractivity contribution in [1.82, 2.24) is 5.32 Å². The van der Waals surface area contributed by atoms with Crippen LogP contribution in [0, 0.1) is 6.92 Å². The fourth-order valence-electron chi connectivity index (χ4n) is 2.78. The smallest absolute Gasteiger partial charge is 0.258 e. The van der Waals surface area contributed by atoms with Crippen LogP contribution in [-0.2, 0) is 4.79 Å². The van der Waals surface area contributed by atoms with Gasteiger partial charge in [-0.05, 0) is 36.8 Å². The van der Waals surface area contributed by atoms with E-state index in [9.17, 15) is 4.79 Å². The minimum atomic E-state index is -0.109. The van der Waals surface area contributed by atoms with E-state index >= 15 is 0 Å². The predicted octanol–water partition coefficient (Wildman–Crippen LogP) is 1.44. The SMILES string of the molecule is Cc1cccc(OCC(=O)NC[C@H](c2ccc(N(C)C)cc2)[NH+](C)C)c1. The van der Waals surface area contributed by atoms with Crippen LogP contribution in [-0.4, -0.2) is 47.2 Å². The van der Waals surface area contributed by atoms with Crippen molar-refractivity contribution in [3.05, 3.63) is 59.7 Å². The highest BCUT2D eigenvalue weighted by Gasteiger charge is 2.19. The molecule has 0 radical (unpaired) electrons. The summed E-state index contributed by atoms with van der Waals surface area (Å²) in [5.74, 6) is 0.608. The van der Waals surface area contributed by atoms with Crippen LogP contribution < -0.4 is 19.9 Å². The van der Waals surface area contributed by atoms with Crippen LogP contribution in [0.2, 0.25) is 0 Å². The van der Waals surface area contributed by atoms with E-state index in [1.54, 1.807) is 0 Å². The predicted molar refractivity (Wildman–Crippen MR) is 106 cm³/mol. The molecule has 0 saturated carbocycles. The summed E-state index contributed by atoms with van der Waals surface area (Å²) < 4.78 is 5.56. The zero-order valence-electron chi connectivity index (χ0n) is 16.4. The number of rotatable bonds is 8. The topological polar surface area (TPSA) is 46.0 Å². The molecule has 0 heterocycles. The third-order valence-electron chi connectivity index (χ3n) is 4.37. The Balaban J connectivity index is 1.90. The average molecular weight is 356 g/mol. The average Bonchev–Trinajstić information content (AvgIpc) is 2.60. The fourth-order valence-corrected chi connectivity index (χ4v) is 2.78. The number of carbonyl (C=O) groups excluding carboxylic acids is 1. The maximum absolute atomic E-state index is 12.2. The van der Waals surface area contributed by atoms with Crippen molar-refractivity contribution >= 4 is 11.6 Å². The second-order valence-electron chi connectivity index (χ2n) is 7.03. The normalized spacial score (nSPS) is 11.9. The van der Waals surface area contributed by atoms with E-state index in [2.05, 4.69) is 48.6 Å². The molecule has 2 rings (SSSR count). The Morgan fingerprint density at radius 3 is 2.42 bits per heavy atom. The molecule has 0 aliphatic heterocycles. The van der Waals surface area contributed by atoms with Gasteiger partial charge < -0.3 is 19.9 Å². The molecule has 2 aromatic rings. The minimum absolute atomic E-state index is 0.0263. The lowest BCUT2D eigenvalue weighted by Gasteiger charge is -2.23. The number of quaternary nitrogens is 1. The van der Waals surface area contributed by atoms with Crippen molar-refractivity contribution in [2.75, 3.05) is 46.2 Å². The molecule has 0 aliphatic carbocycles. The number of benzene rings is 2. The van der Waals surface area contributed by atoms with Gasteiger partial charge >= 0.3 is 0 Å². The highest BCUT2D eigenvalue weighted by molar-refractivity contribution is 5.77. The molecule has 26 heavy (non-hydrogen) atoms. The molecule has 1 amide bonds. The molecule has 2 N–H and O–H groups in total. The Morgan fingerprint density at radius 1 is 1.15 bits per heavy atom. The molecule has 0 saturated heterocycles.